The summed E-state index contributed by atoms with van der Waals surface area (Å²) < 4.78 is 11.2. The van der Waals surface area contributed by atoms with E-state index in [4.69, 9.17) is 21.1 Å². The third kappa shape index (κ3) is 6.05. The monoisotopic (exact) mass is 384 g/mol. The van der Waals surface area contributed by atoms with Crippen molar-refractivity contribution in [1.82, 2.24) is 5.32 Å². The Morgan fingerprint density at radius 1 is 1.22 bits per heavy atom. The molecule has 1 amide bonds. The molecule has 0 radical (unpaired) electrons. The SMILES string of the molecule is COc1cc(/C=C(/C#N)C(=O)NC(C)C)ccc1OCc1ccc(Cl)cc1. The van der Waals surface area contributed by atoms with E-state index in [1.165, 1.54) is 13.2 Å². The molecule has 5 nitrogen and oxygen atoms in total. The summed E-state index contributed by atoms with van der Waals surface area (Å²) in [7, 11) is 1.54. The Kier molecular flexibility index (Phi) is 7.27. The average molecular weight is 385 g/mol. The second-order valence-corrected chi connectivity index (χ2v) is 6.56. The van der Waals surface area contributed by atoms with Gasteiger partial charge in [-0.1, -0.05) is 29.8 Å². The lowest BCUT2D eigenvalue weighted by molar-refractivity contribution is -0.117. The maximum absolute atomic E-state index is 12.0. The fraction of sp³-hybridized carbons (Fsp3) is 0.238. The van der Waals surface area contributed by atoms with Gasteiger partial charge in [-0.2, -0.15) is 5.26 Å². The highest BCUT2D eigenvalue weighted by Gasteiger charge is 2.11. The van der Waals surface area contributed by atoms with Crippen LogP contribution in [0.5, 0.6) is 11.5 Å². The van der Waals surface area contributed by atoms with E-state index in [2.05, 4.69) is 5.32 Å². The van der Waals surface area contributed by atoms with E-state index in [1.807, 2.05) is 32.0 Å². The Bertz CT molecular complexity index is 868. The van der Waals surface area contributed by atoms with Crippen molar-refractivity contribution >= 4 is 23.6 Å². The summed E-state index contributed by atoms with van der Waals surface area (Å²) in [5, 5.41) is 12.6. The molecular weight excluding hydrogens is 364 g/mol. The number of carbonyl (C=O) groups is 1. The van der Waals surface area contributed by atoms with Crippen molar-refractivity contribution in [3.05, 3.63) is 64.2 Å². The number of carbonyl (C=O) groups excluding carboxylic acids is 1. The second-order valence-electron chi connectivity index (χ2n) is 6.12. The van der Waals surface area contributed by atoms with Crippen LogP contribution in [0.4, 0.5) is 0 Å². The molecular formula is C21H21ClN2O3. The summed E-state index contributed by atoms with van der Waals surface area (Å²) in [5.41, 5.74) is 1.67. The van der Waals surface area contributed by atoms with Crippen LogP contribution in [-0.4, -0.2) is 19.1 Å². The number of hydrogen-bond donors (Lipinski definition) is 1. The normalized spacial score (nSPS) is 11.0. The Hall–Kier alpha value is -2.97. The van der Waals surface area contributed by atoms with Crippen molar-refractivity contribution in [2.24, 2.45) is 0 Å². The molecule has 0 atom stereocenters. The minimum atomic E-state index is -0.408. The number of nitrogens with one attached hydrogen (secondary N) is 1. The molecule has 27 heavy (non-hydrogen) atoms. The molecule has 140 valence electrons. The highest BCUT2D eigenvalue weighted by Crippen LogP contribution is 2.29. The molecule has 2 aromatic carbocycles. The molecule has 0 heterocycles. The van der Waals surface area contributed by atoms with E-state index < -0.39 is 5.91 Å². The van der Waals surface area contributed by atoms with Gasteiger partial charge in [-0.15, -0.1) is 0 Å². The van der Waals surface area contributed by atoms with Crippen LogP contribution < -0.4 is 14.8 Å². The number of methoxy groups -OCH3 is 1. The fourth-order valence-electron chi connectivity index (χ4n) is 2.29. The molecule has 6 heteroatoms. The zero-order valence-corrected chi connectivity index (χ0v) is 16.2. The third-order valence-electron chi connectivity index (χ3n) is 3.59. The van der Waals surface area contributed by atoms with Crippen LogP contribution in [0, 0.1) is 11.3 Å². The number of ether oxygens (including phenoxy) is 2. The molecule has 0 aliphatic heterocycles. The van der Waals surface area contributed by atoms with Gasteiger partial charge < -0.3 is 14.8 Å². The number of benzene rings is 2. The standard InChI is InChI=1S/C21H21ClN2O3/c1-14(2)24-21(25)17(12-23)10-16-6-9-19(20(11-16)26-3)27-13-15-4-7-18(22)8-5-15/h4-11,14H,13H2,1-3H3,(H,24,25)/b17-10-. The Labute approximate surface area is 164 Å². The van der Waals surface area contributed by atoms with E-state index in [-0.39, 0.29) is 11.6 Å². The topological polar surface area (TPSA) is 71.3 Å². The summed E-state index contributed by atoms with van der Waals surface area (Å²) >= 11 is 5.88. The first-order valence-electron chi connectivity index (χ1n) is 8.41. The molecule has 0 aliphatic rings. The van der Waals surface area contributed by atoms with Crippen LogP contribution in [0.15, 0.2) is 48.0 Å². The van der Waals surface area contributed by atoms with E-state index in [1.54, 1.807) is 30.3 Å². The van der Waals surface area contributed by atoms with Crippen LogP contribution in [0.2, 0.25) is 5.02 Å². The van der Waals surface area contributed by atoms with Crippen molar-refractivity contribution in [2.75, 3.05) is 7.11 Å². The van der Waals surface area contributed by atoms with Crippen molar-refractivity contribution in [2.45, 2.75) is 26.5 Å². The molecule has 0 saturated carbocycles. The van der Waals surface area contributed by atoms with E-state index in [0.29, 0.717) is 28.7 Å². The van der Waals surface area contributed by atoms with Crippen molar-refractivity contribution < 1.29 is 14.3 Å². The lowest BCUT2D eigenvalue weighted by Gasteiger charge is -2.12. The molecule has 0 aliphatic carbocycles. The van der Waals surface area contributed by atoms with Crippen molar-refractivity contribution in [1.29, 1.82) is 5.26 Å². The third-order valence-corrected chi connectivity index (χ3v) is 3.84. The van der Waals surface area contributed by atoms with E-state index >= 15 is 0 Å². The minimum Gasteiger partial charge on any atom is -0.493 e. The highest BCUT2D eigenvalue weighted by atomic mass is 35.5. The quantitative estimate of drug-likeness (QED) is 0.568. The van der Waals surface area contributed by atoms with Gasteiger partial charge in [0.15, 0.2) is 11.5 Å². The number of nitrogens with zero attached hydrogens (tertiary/aromatic N) is 1. The number of amides is 1. The summed E-state index contributed by atoms with van der Waals surface area (Å²) in [4.78, 5) is 12.0. The second kappa shape index (κ2) is 9.65. The number of hydrogen-bond acceptors (Lipinski definition) is 4. The van der Waals surface area contributed by atoms with Gasteiger partial charge in [0, 0.05) is 11.1 Å². The zero-order chi connectivity index (χ0) is 19.8. The molecule has 0 spiro atoms. The van der Waals surface area contributed by atoms with Crippen LogP contribution in [0.1, 0.15) is 25.0 Å². The Balaban J connectivity index is 2.17. The predicted octanol–water partition coefficient (Wildman–Crippen LogP) is 4.36. The molecule has 0 bridgehead atoms. The summed E-state index contributed by atoms with van der Waals surface area (Å²) in [5.74, 6) is 0.670. The number of rotatable bonds is 7. The smallest absolute Gasteiger partial charge is 0.262 e. The van der Waals surface area contributed by atoms with Crippen molar-refractivity contribution in [3.63, 3.8) is 0 Å². The largest absolute Gasteiger partial charge is 0.493 e. The summed E-state index contributed by atoms with van der Waals surface area (Å²) in [6.45, 7) is 4.04. The number of nitriles is 1. The predicted molar refractivity (Wildman–Crippen MR) is 106 cm³/mol. The summed E-state index contributed by atoms with van der Waals surface area (Å²) in [6, 6.07) is 14.5. The maximum Gasteiger partial charge on any atom is 0.262 e. The van der Waals surface area contributed by atoms with Gasteiger partial charge in [-0.25, -0.2) is 0 Å². The minimum absolute atomic E-state index is 0.0283. The van der Waals surface area contributed by atoms with Crippen LogP contribution in [-0.2, 0) is 11.4 Å². The first-order valence-corrected chi connectivity index (χ1v) is 8.78. The van der Waals surface area contributed by atoms with E-state index in [0.717, 1.165) is 5.56 Å². The molecule has 2 rings (SSSR count). The highest BCUT2D eigenvalue weighted by molar-refractivity contribution is 6.30. The van der Waals surface area contributed by atoms with Crippen LogP contribution in [0.25, 0.3) is 6.08 Å². The fourth-order valence-corrected chi connectivity index (χ4v) is 2.42. The van der Waals surface area contributed by atoms with Crippen molar-refractivity contribution in [3.8, 4) is 17.6 Å². The summed E-state index contributed by atoms with van der Waals surface area (Å²) in [6.07, 6.45) is 1.52. The maximum atomic E-state index is 12.0. The molecule has 0 aromatic heterocycles. The van der Waals surface area contributed by atoms with Gasteiger partial charge in [0.1, 0.15) is 18.2 Å². The van der Waals surface area contributed by atoms with Crippen LogP contribution >= 0.6 is 11.6 Å². The lowest BCUT2D eigenvalue weighted by atomic mass is 10.1. The Morgan fingerprint density at radius 2 is 1.93 bits per heavy atom. The first kappa shape index (κ1) is 20.3. The Morgan fingerprint density at radius 3 is 2.52 bits per heavy atom. The average Bonchev–Trinajstić information content (AvgIpc) is 2.65. The molecule has 0 saturated heterocycles. The lowest BCUT2D eigenvalue weighted by Crippen LogP contribution is -2.30. The molecule has 1 N–H and O–H groups in total. The van der Waals surface area contributed by atoms with Crippen LogP contribution in [0.3, 0.4) is 0 Å². The van der Waals surface area contributed by atoms with Gasteiger partial charge in [0.05, 0.1) is 7.11 Å². The zero-order valence-electron chi connectivity index (χ0n) is 15.5. The van der Waals surface area contributed by atoms with Gasteiger partial charge in [0.2, 0.25) is 0 Å². The molecule has 0 unspecified atom stereocenters. The first-order chi connectivity index (χ1) is 12.9. The van der Waals surface area contributed by atoms with Gasteiger partial charge in [-0.3, -0.25) is 4.79 Å². The van der Waals surface area contributed by atoms with Gasteiger partial charge in [-0.05, 0) is 55.3 Å². The van der Waals surface area contributed by atoms with Gasteiger partial charge in [0.25, 0.3) is 5.91 Å². The molecule has 2 aromatic rings. The van der Waals surface area contributed by atoms with Gasteiger partial charge >= 0.3 is 0 Å². The van der Waals surface area contributed by atoms with E-state index in [9.17, 15) is 10.1 Å². The molecule has 0 fully saturated rings. The number of halogens is 1.